The first kappa shape index (κ1) is 31.3. The number of hydrogen-bond donors (Lipinski definition) is 0. The number of nitriles is 1. The highest BCUT2D eigenvalue weighted by atomic mass is 15.0. The first-order valence-electron chi connectivity index (χ1n) is 18.3. The highest BCUT2D eigenvalue weighted by Crippen LogP contribution is 2.54. The molecule has 4 heteroatoms. The van der Waals surface area contributed by atoms with E-state index < -0.39 is 0 Å². The number of nitrogens with zero attached hydrogens (tertiary/aromatic N) is 4. The second-order valence-electron chi connectivity index (χ2n) is 15.3. The molecule has 1 heterocycles. The van der Waals surface area contributed by atoms with Gasteiger partial charge in [0.2, 0.25) is 0 Å². The summed E-state index contributed by atoms with van der Waals surface area (Å²) in [6.45, 7) is 4.89. The van der Waals surface area contributed by atoms with E-state index in [4.69, 9.17) is 15.0 Å². The van der Waals surface area contributed by atoms with Crippen LogP contribution >= 0.6 is 0 Å². The van der Waals surface area contributed by atoms with E-state index in [0.29, 0.717) is 23.0 Å². The van der Waals surface area contributed by atoms with Crippen LogP contribution in [-0.4, -0.2) is 15.0 Å². The number of hydrogen-bond acceptors (Lipinski definition) is 4. The maximum Gasteiger partial charge on any atom is 0.164 e. The Kier molecular flexibility index (Phi) is 7.73. The first-order valence-corrected chi connectivity index (χ1v) is 18.3. The molecule has 0 aliphatic heterocycles. The van der Waals surface area contributed by atoms with E-state index in [2.05, 4.69) is 111 Å². The van der Waals surface area contributed by atoms with Gasteiger partial charge in [-0.2, -0.15) is 5.26 Å². The van der Waals surface area contributed by atoms with Crippen LogP contribution in [0.15, 0.2) is 127 Å². The van der Waals surface area contributed by atoms with Gasteiger partial charge < -0.3 is 0 Å². The summed E-state index contributed by atoms with van der Waals surface area (Å²) >= 11 is 0. The normalized spacial score (nSPS) is 21.4. The third-order valence-electron chi connectivity index (χ3n) is 11.5. The first-order chi connectivity index (χ1) is 25.0. The number of rotatable bonds is 5. The SMILES string of the molecule is C[C@@H]1C[C@@H]2C[C@H](C)CC(c3ccc(-c4nc(-c5cccc(-c6ccccc6)c5)nc(-c5cccc6c(C#N)c7ccccc7cc56)n4)cc3)(C1)C2. The summed E-state index contributed by atoms with van der Waals surface area (Å²) in [7, 11) is 0. The van der Waals surface area contributed by atoms with E-state index in [1.165, 1.54) is 37.7 Å². The molecule has 1 unspecified atom stereocenters. The van der Waals surface area contributed by atoms with Crippen LogP contribution in [0.2, 0.25) is 0 Å². The molecule has 2 fully saturated rings. The largest absolute Gasteiger partial charge is 0.208 e. The summed E-state index contributed by atoms with van der Waals surface area (Å²) in [6, 6.07) is 46.8. The highest BCUT2D eigenvalue weighted by molar-refractivity contribution is 6.09. The van der Waals surface area contributed by atoms with E-state index in [1.807, 2.05) is 36.4 Å². The minimum absolute atomic E-state index is 0.260. The molecule has 0 N–H and O–H groups in total. The van der Waals surface area contributed by atoms with Crippen LogP contribution in [0.3, 0.4) is 0 Å². The zero-order valence-electron chi connectivity index (χ0n) is 29.2. The van der Waals surface area contributed by atoms with Gasteiger partial charge in [0, 0.05) is 27.5 Å². The summed E-state index contributed by atoms with van der Waals surface area (Å²) in [5.74, 6) is 4.22. The summed E-state index contributed by atoms with van der Waals surface area (Å²) in [5.41, 5.74) is 7.43. The lowest BCUT2D eigenvalue weighted by Gasteiger charge is -2.50. The van der Waals surface area contributed by atoms with E-state index in [1.54, 1.807) is 0 Å². The fraction of sp³-hybridized carbons (Fsp3) is 0.234. The predicted octanol–water partition coefficient (Wildman–Crippen LogP) is 11.8. The van der Waals surface area contributed by atoms with Crippen molar-refractivity contribution in [1.29, 1.82) is 5.26 Å². The van der Waals surface area contributed by atoms with Crippen LogP contribution in [0.5, 0.6) is 0 Å². The lowest BCUT2D eigenvalue weighted by Crippen LogP contribution is -2.42. The van der Waals surface area contributed by atoms with Crippen molar-refractivity contribution in [3.05, 3.63) is 139 Å². The second-order valence-corrected chi connectivity index (χ2v) is 15.3. The maximum absolute atomic E-state index is 10.3. The van der Waals surface area contributed by atoms with Gasteiger partial charge in [-0.15, -0.1) is 0 Å². The maximum atomic E-state index is 10.3. The fourth-order valence-corrected chi connectivity index (χ4v) is 9.66. The van der Waals surface area contributed by atoms with Gasteiger partial charge in [-0.3, -0.25) is 0 Å². The average Bonchev–Trinajstić information content (AvgIpc) is 3.16. The Morgan fingerprint density at radius 3 is 1.94 bits per heavy atom. The smallest absolute Gasteiger partial charge is 0.164 e. The van der Waals surface area contributed by atoms with Gasteiger partial charge in [0.25, 0.3) is 0 Å². The monoisotopic (exact) mass is 660 g/mol. The van der Waals surface area contributed by atoms with Gasteiger partial charge in [0.05, 0.1) is 5.56 Å². The molecule has 9 rings (SSSR count). The van der Waals surface area contributed by atoms with Crippen LogP contribution in [-0.2, 0) is 5.41 Å². The third-order valence-corrected chi connectivity index (χ3v) is 11.5. The van der Waals surface area contributed by atoms with Crippen molar-refractivity contribution in [2.45, 2.75) is 51.4 Å². The van der Waals surface area contributed by atoms with Gasteiger partial charge in [0.15, 0.2) is 17.5 Å². The summed E-state index contributed by atoms with van der Waals surface area (Å²) in [5, 5.41) is 14.1. The molecule has 51 heavy (non-hydrogen) atoms. The van der Waals surface area contributed by atoms with Crippen molar-refractivity contribution in [3.63, 3.8) is 0 Å². The van der Waals surface area contributed by atoms with Crippen molar-refractivity contribution in [3.8, 4) is 51.4 Å². The molecular weight excluding hydrogens is 621 g/mol. The zero-order chi connectivity index (χ0) is 34.5. The molecule has 7 aromatic rings. The molecule has 2 bridgehead atoms. The summed E-state index contributed by atoms with van der Waals surface area (Å²) in [4.78, 5) is 15.5. The molecule has 4 atom stereocenters. The molecule has 2 aliphatic rings. The number of aromatic nitrogens is 3. The molecule has 4 nitrogen and oxygen atoms in total. The Labute approximate surface area is 299 Å². The third kappa shape index (κ3) is 5.68. The van der Waals surface area contributed by atoms with Crippen molar-refractivity contribution in [2.24, 2.45) is 17.8 Å². The summed E-state index contributed by atoms with van der Waals surface area (Å²) in [6.07, 6.45) is 6.58. The Bertz CT molecular complexity index is 2440. The molecule has 0 spiro atoms. The summed E-state index contributed by atoms with van der Waals surface area (Å²) < 4.78 is 0. The van der Waals surface area contributed by atoms with E-state index in [-0.39, 0.29) is 5.41 Å². The molecule has 2 aliphatic carbocycles. The molecular formula is C47H40N4. The molecule has 2 saturated carbocycles. The molecule has 248 valence electrons. The standard InChI is InChI=1S/C47H40N4/c1-30-22-32-23-31(2)27-47(26-30,28-32)38-20-18-34(19-21-38)44-49-45(37-14-8-13-35(24-37)33-10-4-3-5-11-33)51-46(50-44)41-17-9-16-40-42(41)25-36-12-6-7-15-39(36)43(40)29-48/h3-21,24-25,30-32H,22-23,26-28H2,1-2H3/t30-,31+,32-,47?. The van der Waals surface area contributed by atoms with Gasteiger partial charge in [-0.1, -0.05) is 129 Å². The van der Waals surface area contributed by atoms with E-state index >= 15 is 0 Å². The minimum atomic E-state index is 0.260. The molecule has 6 aromatic carbocycles. The highest BCUT2D eigenvalue weighted by Gasteiger charge is 2.45. The lowest BCUT2D eigenvalue weighted by atomic mass is 9.54. The van der Waals surface area contributed by atoms with Gasteiger partial charge in [0.1, 0.15) is 6.07 Å². The fourth-order valence-electron chi connectivity index (χ4n) is 9.66. The van der Waals surface area contributed by atoms with Crippen LogP contribution in [0, 0.1) is 29.1 Å². The van der Waals surface area contributed by atoms with Crippen LogP contribution < -0.4 is 0 Å². The zero-order valence-corrected chi connectivity index (χ0v) is 29.2. The van der Waals surface area contributed by atoms with Crippen LogP contribution in [0.4, 0.5) is 0 Å². The van der Waals surface area contributed by atoms with E-state index in [9.17, 15) is 5.26 Å². The number of benzene rings is 6. The second kappa shape index (κ2) is 12.6. The molecule has 0 radical (unpaired) electrons. The van der Waals surface area contributed by atoms with Crippen LogP contribution in [0.1, 0.15) is 57.1 Å². The average molecular weight is 661 g/mol. The molecule has 1 aromatic heterocycles. The Balaban J connectivity index is 1.21. The van der Waals surface area contributed by atoms with Gasteiger partial charge in [-0.25, -0.2) is 15.0 Å². The quantitative estimate of drug-likeness (QED) is 0.172. The van der Waals surface area contributed by atoms with Crippen molar-refractivity contribution >= 4 is 21.5 Å². The Hall–Kier alpha value is -5.66. The number of fused-ring (bicyclic) bond motifs is 4. The van der Waals surface area contributed by atoms with Gasteiger partial charge >= 0.3 is 0 Å². The minimum Gasteiger partial charge on any atom is -0.208 e. The lowest BCUT2D eigenvalue weighted by molar-refractivity contribution is 0.0780. The van der Waals surface area contributed by atoms with Crippen molar-refractivity contribution in [1.82, 2.24) is 15.0 Å². The van der Waals surface area contributed by atoms with Crippen molar-refractivity contribution < 1.29 is 0 Å². The molecule has 0 amide bonds. The molecule has 0 saturated heterocycles. The van der Waals surface area contributed by atoms with Crippen molar-refractivity contribution in [2.75, 3.05) is 0 Å². The van der Waals surface area contributed by atoms with E-state index in [0.717, 1.165) is 67.1 Å². The van der Waals surface area contributed by atoms with Crippen LogP contribution in [0.25, 0.3) is 66.8 Å². The Morgan fingerprint density at radius 2 is 1.18 bits per heavy atom. The van der Waals surface area contributed by atoms with Gasteiger partial charge in [-0.05, 0) is 94.9 Å². The predicted molar refractivity (Wildman–Crippen MR) is 208 cm³/mol. The Morgan fingerprint density at radius 1 is 0.549 bits per heavy atom. The topological polar surface area (TPSA) is 62.5 Å².